The second-order valence-corrected chi connectivity index (χ2v) is 6.73. The molecule has 1 aromatic rings. The second kappa shape index (κ2) is 5.34. The molecule has 2 nitrogen and oxygen atoms in total. The van der Waals surface area contributed by atoms with Crippen LogP contribution in [0.2, 0.25) is 5.02 Å². The van der Waals surface area contributed by atoms with E-state index >= 15 is 0 Å². The molecule has 3 heteroatoms. The van der Waals surface area contributed by atoms with E-state index in [0.717, 1.165) is 24.0 Å². The lowest BCUT2D eigenvalue weighted by Gasteiger charge is -2.44. The highest BCUT2D eigenvalue weighted by molar-refractivity contribution is 6.30. The first-order valence-electron chi connectivity index (χ1n) is 7.40. The number of anilines is 1. The van der Waals surface area contributed by atoms with E-state index < -0.39 is 0 Å². The first kappa shape index (κ1) is 13.3. The third-order valence-corrected chi connectivity index (χ3v) is 4.75. The third-order valence-electron chi connectivity index (χ3n) is 4.50. The Hall–Kier alpha value is -0.730. The van der Waals surface area contributed by atoms with Crippen molar-refractivity contribution in [2.75, 3.05) is 18.0 Å². The van der Waals surface area contributed by atoms with Gasteiger partial charge >= 0.3 is 0 Å². The highest BCUT2D eigenvalue weighted by atomic mass is 35.5. The molecule has 2 fully saturated rings. The number of benzene rings is 1. The van der Waals surface area contributed by atoms with Gasteiger partial charge in [0.1, 0.15) is 0 Å². The topological polar surface area (TPSA) is 15.3 Å². The van der Waals surface area contributed by atoms with E-state index in [2.05, 4.69) is 36.2 Å². The Morgan fingerprint density at radius 3 is 2.47 bits per heavy atom. The van der Waals surface area contributed by atoms with E-state index in [0.29, 0.717) is 18.0 Å². The van der Waals surface area contributed by atoms with E-state index in [9.17, 15) is 0 Å². The van der Waals surface area contributed by atoms with E-state index in [4.69, 9.17) is 11.6 Å². The summed E-state index contributed by atoms with van der Waals surface area (Å²) >= 11 is 6.01. The molecular formula is C16H23ClN2. The fourth-order valence-corrected chi connectivity index (χ4v) is 3.26. The zero-order valence-corrected chi connectivity index (χ0v) is 12.5. The summed E-state index contributed by atoms with van der Waals surface area (Å²) in [5.41, 5.74) is 1.32. The quantitative estimate of drug-likeness (QED) is 0.910. The van der Waals surface area contributed by atoms with Crippen molar-refractivity contribution in [3.63, 3.8) is 0 Å². The average Bonchev–Trinajstić information content (AvgIpc) is 3.23. The van der Waals surface area contributed by atoms with Crippen molar-refractivity contribution in [2.24, 2.45) is 11.8 Å². The number of rotatable bonds is 3. The van der Waals surface area contributed by atoms with Crippen LogP contribution in [-0.4, -0.2) is 25.2 Å². The minimum absolute atomic E-state index is 0.580. The summed E-state index contributed by atoms with van der Waals surface area (Å²) in [6.45, 7) is 6.86. The molecule has 0 radical (unpaired) electrons. The number of halogens is 1. The van der Waals surface area contributed by atoms with E-state index in [1.807, 2.05) is 12.1 Å². The predicted molar refractivity (Wildman–Crippen MR) is 81.9 cm³/mol. The number of hydrogen-bond donors (Lipinski definition) is 1. The first-order chi connectivity index (χ1) is 9.15. The Morgan fingerprint density at radius 1 is 1.21 bits per heavy atom. The van der Waals surface area contributed by atoms with Crippen LogP contribution in [0.15, 0.2) is 24.3 Å². The maximum Gasteiger partial charge on any atom is 0.0438 e. The molecule has 1 N–H and O–H groups in total. The largest absolute Gasteiger partial charge is 0.365 e. The molecule has 1 saturated heterocycles. The van der Waals surface area contributed by atoms with E-state index in [1.54, 1.807) is 0 Å². The molecule has 1 aliphatic carbocycles. The van der Waals surface area contributed by atoms with Crippen LogP contribution in [0.5, 0.6) is 0 Å². The molecule has 3 rings (SSSR count). The lowest BCUT2D eigenvalue weighted by Crippen LogP contribution is -2.59. The van der Waals surface area contributed by atoms with Crippen LogP contribution >= 0.6 is 11.6 Å². The van der Waals surface area contributed by atoms with Gasteiger partial charge in [-0.3, -0.25) is 0 Å². The Kier molecular flexibility index (Phi) is 3.72. The second-order valence-electron chi connectivity index (χ2n) is 6.29. The number of piperazine rings is 1. The van der Waals surface area contributed by atoms with Gasteiger partial charge in [0.05, 0.1) is 0 Å². The lowest BCUT2D eigenvalue weighted by molar-refractivity contribution is 0.320. The Balaban J connectivity index is 1.81. The van der Waals surface area contributed by atoms with Crippen LogP contribution < -0.4 is 10.2 Å². The fourth-order valence-electron chi connectivity index (χ4n) is 3.13. The van der Waals surface area contributed by atoms with Crippen LogP contribution in [0.25, 0.3) is 0 Å². The SMILES string of the molecule is CC(C)C1CNC(C2CC2)CN1c1ccc(Cl)cc1. The summed E-state index contributed by atoms with van der Waals surface area (Å²) in [5, 5.41) is 4.57. The van der Waals surface area contributed by atoms with Crippen molar-refractivity contribution in [3.05, 3.63) is 29.3 Å². The van der Waals surface area contributed by atoms with Gasteiger partial charge in [0.2, 0.25) is 0 Å². The normalized spacial score (nSPS) is 27.9. The average molecular weight is 279 g/mol. The molecule has 0 spiro atoms. The molecule has 0 bridgehead atoms. The zero-order valence-electron chi connectivity index (χ0n) is 11.8. The van der Waals surface area contributed by atoms with Gasteiger partial charge in [0.15, 0.2) is 0 Å². The van der Waals surface area contributed by atoms with Crippen LogP contribution in [-0.2, 0) is 0 Å². The van der Waals surface area contributed by atoms with Gasteiger partial charge in [-0.2, -0.15) is 0 Å². The first-order valence-corrected chi connectivity index (χ1v) is 7.78. The Bertz CT molecular complexity index is 425. The summed E-state index contributed by atoms with van der Waals surface area (Å²) in [6, 6.07) is 9.58. The monoisotopic (exact) mass is 278 g/mol. The highest BCUT2D eigenvalue weighted by Crippen LogP contribution is 2.36. The van der Waals surface area contributed by atoms with Crippen LogP contribution in [0.3, 0.4) is 0 Å². The van der Waals surface area contributed by atoms with Crippen molar-refractivity contribution in [3.8, 4) is 0 Å². The van der Waals surface area contributed by atoms with Crippen LogP contribution in [0.4, 0.5) is 5.69 Å². The summed E-state index contributed by atoms with van der Waals surface area (Å²) < 4.78 is 0. The standard InChI is InChI=1S/C16H23ClN2/c1-11(2)16-9-18-15(12-3-4-12)10-19(16)14-7-5-13(17)6-8-14/h5-8,11-12,15-16,18H,3-4,9-10H2,1-2H3. The zero-order chi connectivity index (χ0) is 13.4. The van der Waals surface area contributed by atoms with E-state index in [-0.39, 0.29) is 0 Å². The summed E-state index contributed by atoms with van der Waals surface area (Å²) in [4.78, 5) is 2.58. The minimum Gasteiger partial charge on any atom is -0.365 e. The van der Waals surface area contributed by atoms with Crippen molar-refractivity contribution < 1.29 is 0 Å². The molecule has 19 heavy (non-hydrogen) atoms. The van der Waals surface area contributed by atoms with Crippen LogP contribution in [0.1, 0.15) is 26.7 Å². The summed E-state index contributed by atoms with van der Waals surface area (Å²) in [6.07, 6.45) is 2.80. The van der Waals surface area contributed by atoms with Crippen molar-refractivity contribution in [2.45, 2.75) is 38.8 Å². The van der Waals surface area contributed by atoms with Crippen molar-refractivity contribution >= 4 is 17.3 Å². The highest BCUT2D eigenvalue weighted by Gasteiger charge is 2.37. The number of nitrogens with one attached hydrogen (secondary N) is 1. The Morgan fingerprint density at radius 2 is 1.89 bits per heavy atom. The molecule has 104 valence electrons. The van der Waals surface area contributed by atoms with E-state index in [1.165, 1.54) is 18.5 Å². The van der Waals surface area contributed by atoms with Crippen molar-refractivity contribution in [1.29, 1.82) is 0 Å². The van der Waals surface area contributed by atoms with Crippen molar-refractivity contribution in [1.82, 2.24) is 5.32 Å². The smallest absolute Gasteiger partial charge is 0.0438 e. The van der Waals surface area contributed by atoms with Gasteiger partial charge < -0.3 is 10.2 Å². The molecule has 2 atom stereocenters. The van der Waals surface area contributed by atoms with Gasteiger partial charge in [-0.05, 0) is 48.9 Å². The Labute approximate surface area is 121 Å². The molecule has 1 saturated carbocycles. The molecule has 0 amide bonds. The van der Waals surface area contributed by atoms with Gasteiger partial charge in [-0.25, -0.2) is 0 Å². The van der Waals surface area contributed by atoms with Gasteiger partial charge in [-0.15, -0.1) is 0 Å². The number of nitrogens with zero attached hydrogens (tertiary/aromatic N) is 1. The molecule has 2 aliphatic rings. The molecule has 1 aliphatic heterocycles. The third kappa shape index (κ3) is 2.90. The lowest BCUT2D eigenvalue weighted by atomic mass is 9.96. The molecule has 1 heterocycles. The fraction of sp³-hybridized carbons (Fsp3) is 0.625. The number of hydrogen-bond acceptors (Lipinski definition) is 2. The van der Waals surface area contributed by atoms with Crippen LogP contribution in [0, 0.1) is 11.8 Å². The maximum absolute atomic E-state index is 6.01. The summed E-state index contributed by atoms with van der Waals surface area (Å²) in [5.74, 6) is 1.56. The molecule has 1 aromatic carbocycles. The summed E-state index contributed by atoms with van der Waals surface area (Å²) in [7, 11) is 0. The minimum atomic E-state index is 0.580. The van der Waals surface area contributed by atoms with Gasteiger partial charge in [-0.1, -0.05) is 25.4 Å². The van der Waals surface area contributed by atoms with Gasteiger partial charge in [0.25, 0.3) is 0 Å². The molecule has 0 aromatic heterocycles. The maximum atomic E-state index is 6.01. The predicted octanol–water partition coefficient (Wildman–Crippen LogP) is 3.55. The molecule has 2 unspecified atom stereocenters. The molecular weight excluding hydrogens is 256 g/mol. The van der Waals surface area contributed by atoms with Gasteiger partial charge in [0, 0.05) is 35.9 Å².